The second-order valence-corrected chi connectivity index (χ2v) is 6.13. The van der Waals surface area contributed by atoms with Crippen LogP contribution in [-0.2, 0) is 16.8 Å². The van der Waals surface area contributed by atoms with Gasteiger partial charge in [-0.15, -0.1) is 0 Å². The maximum atomic E-state index is 10.3. The lowest BCUT2D eigenvalue weighted by Gasteiger charge is -2.28. The van der Waals surface area contributed by atoms with Gasteiger partial charge in [0.05, 0.1) is 0 Å². The fourth-order valence-corrected chi connectivity index (χ4v) is 3.33. The van der Waals surface area contributed by atoms with Gasteiger partial charge in [0.15, 0.2) is 12.4 Å². The van der Waals surface area contributed by atoms with E-state index in [1.54, 1.807) is 25.4 Å². The number of nitrogens with zero attached hydrogens (tertiary/aromatic N) is 1. The minimum atomic E-state index is -0.562. The lowest BCUT2D eigenvalue weighted by molar-refractivity contribution is 0.0488. The van der Waals surface area contributed by atoms with Gasteiger partial charge in [0, 0.05) is 31.7 Å². The molecule has 0 radical (unpaired) electrons. The van der Waals surface area contributed by atoms with Gasteiger partial charge >= 0.3 is 0 Å². The topological polar surface area (TPSA) is 60.8 Å². The molecule has 1 aromatic carbocycles. The lowest BCUT2D eigenvalue weighted by atomic mass is 9.87. The van der Waals surface area contributed by atoms with Gasteiger partial charge in [0.1, 0.15) is 22.9 Å². The van der Waals surface area contributed by atoms with Crippen LogP contribution in [0.2, 0.25) is 0 Å². The van der Waals surface area contributed by atoms with Crippen molar-refractivity contribution in [2.45, 2.75) is 24.9 Å². The number of benzene rings is 1. The van der Waals surface area contributed by atoms with Crippen LogP contribution in [0.15, 0.2) is 36.5 Å². The van der Waals surface area contributed by atoms with Crippen LogP contribution in [-0.4, -0.2) is 24.0 Å². The predicted octanol–water partition coefficient (Wildman–Crippen LogP) is 3.01. The maximum absolute atomic E-state index is 10.3. The van der Waals surface area contributed by atoms with E-state index >= 15 is 0 Å². The molecule has 5 nitrogen and oxygen atoms in total. The second kappa shape index (κ2) is 5.42. The van der Waals surface area contributed by atoms with Crippen LogP contribution in [0, 0.1) is 5.92 Å². The van der Waals surface area contributed by atoms with Crippen molar-refractivity contribution in [2.75, 3.05) is 13.9 Å². The highest BCUT2D eigenvalue weighted by molar-refractivity contribution is 5.48. The molecular formula is C18H19NO4. The number of methoxy groups -OCH3 is 1. The lowest BCUT2D eigenvalue weighted by Crippen LogP contribution is -2.35. The highest BCUT2D eigenvalue weighted by Crippen LogP contribution is 2.55. The molecule has 4 rings (SSSR count). The van der Waals surface area contributed by atoms with E-state index in [-0.39, 0.29) is 12.5 Å². The first-order chi connectivity index (χ1) is 11.2. The van der Waals surface area contributed by atoms with Crippen LogP contribution < -0.4 is 9.47 Å². The van der Waals surface area contributed by atoms with Gasteiger partial charge in [0.25, 0.3) is 0 Å². The zero-order valence-corrected chi connectivity index (χ0v) is 13.0. The third kappa shape index (κ3) is 2.41. The number of pyridine rings is 1. The molecule has 1 saturated carbocycles. The van der Waals surface area contributed by atoms with Gasteiger partial charge in [-0.3, -0.25) is 4.98 Å². The second-order valence-electron chi connectivity index (χ2n) is 6.13. The molecule has 1 fully saturated rings. The number of hydrogen-bond acceptors (Lipinski definition) is 5. The summed E-state index contributed by atoms with van der Waals surface area (Å²) in [6.45, 7) is 0.202. The molecule has 120 valence electrons. The fraction of sp³-hybridized carbons (Fsp3) is 0.389. The Balaban J connectivity index is 1.70. The standard InChI is InChI=1S/C18H19NO4/c1-21-11-22-14-7-4-12-10-18(13-5-6-13,23-16(12)9-14)17-15(20)3-2-8-19-17/h2-4,7-9,13,20H,5-6,10-11H2,1H3. The molecule has 2 aromatic rings. The van der Waals surface area contributed by atoms with Crippen LogP contribution in [0.4, 0.5) is 0 Å². The summed E-state index contributed by atoms with van der Waals surface area (Å²) in [6, 6.07) is 9.23. The largest absolute Gasteiger partial charge is 0.506 e. The molecule has 1 N–H and O–H groups in total. The van der Waals surface area contributed by atoms with Crippen molar-refractivity contribution in [3.05, 3.63) is 47.8 Å². The normalized spacial score (nSPS) is 22.5. The van der Waals surface area contributed by atoms with Crippen molar-refractivity contribution in [2.24, 2.45) is 5.92 Å². The number of fused-ring (bicyclic) bond motifs is 1. The zero-order valence-electron chi connectivity index (χ0n) is 13.0. The summed E-state index contributed by atoms with van der Waals surface area (Å²) < 4.78 is 16.8. The van der Waals surface area contributed by atoms with E-state index in [9.17, 15) is 5.11 Å². The number of rotatable bonds is 5. The Morgan fingerprint density at radius 3 is 2.96 bits per heavy atom. The van der Waals surface area contributed by atoms with Crippen molar-refractivity contribution >= 4 is 0 Å². The van der Waals surface area contributed by atoms with E-state index in [4.69, 9.17) is 14.2 Å². The Morgan fingerprint density at radius 1 is 1.35 bits per heavy atom. The van der Waals surface area contributed by atoms with Crippen LogP contribution in [0.1, 0.15) is 24.1 Å². The number of ether oxygens (including phenoxy) is 3. The Kier molecular flexibility index (Phi) is 3.38. The van der Waals surface area contributed by atoms with Gasteiger partial charge < -0.3 is 19.3 Å². The van der Waals surface area contributed by atoms with Gasteiger partial charge in [-0.25, -0.2) is 0 Å². The third-order valence-corrected chi connectivity index (χ3v) is 4.55. The smallest absolute Gasteiger partial charge is 0.188 e. The minimum absolute atomic E-state index is 0.197. The SMILES string of the molecule is COCOc1ccc2c(c1)OC(c1ncccc1O)(C1CC1)C2. The Morgan fingerprint density at radius 2 is 2.22 bits per heavy atom. The maximum Gasteiger partial charge on any atom is 0.188 e. The molecule has 0 saturated heterocycles. The van der Waals surface area contributed by atoms with E-state index in [1.807, 2.05) is 18.2 Å². The third-order valence-electron chi connectivity index (χ3n) is 4.55. The average molecular weight is 313 g/mol. The first-order valence-electron chi connectivity index (χ1n) is 7.81. The van der Waals surface area contributed by atoms with Crippen LogP contribution >= 0.6 is 0 Å². The molecule has 1 atom stereocenters. The summed E-state index contributed by atoms with van der Waals surface area (Å²) in [5.74, 6) is 2.10. The molecule has 1 aromatic heterocycles. The molecular weight excluding hydrogens is 294 g/mol. The highest BCUT2D eigenvalue weighted by Gasteiger charge is 2.54. The fourth-order valence-electron chi connectivity index (χ4n) is 3.33. The summed E-state index contributed by atoms with van der Waals surface area (Å²) in [5, 5.41) is 10.3. The van der Waals surface area contributed by atoms with Gasteiger partial charge in [-0.2, -0.15) is 0 Å². The van der Waals surface area contributed by atoms with Crippen molar-refractivity contribution < 1.29 is 19.3 Å². The summed E-state index contributed by atoms with van der Waals surface area (Å²) in [5.41, 5.74) is 1.19. The van der Waals surface area contributed by atoms with Gasteiger partial charge in [0.2, 0.25) is 0 Å². The predicted molar refractivity (Wildman–Crippen MR) is 83.6 cm³/mol. The first kappa shape index (κ1) is 14.3. The molecule has 1 aliphatic heterocycles. The zero-order chi connectivity index (χ0) is 15.9. The van der Waals surface area contributed by atoms with Crippen molar-refractivity contribution in [3.63, 3.8) is 0 Å². The van der Waals surface area contributed by atoms with Crippen molar-refractivity contribution in [3.8, 4) is 17.2 Å². The van der Waals surface area contributed by atoms with Crippen LogP contribution in [0.5, 0.6) is 17.2 Å². The Bertz CT molecular complexity index is 729. The number of hydrogen-bond donors (Lipinski definition) is 1. The molecule has 2 aliphatic rings. The highest BCUT2D eigenvalue weighted by atomic mass is 16.7. The van der Waals surface area contributed by atoms with Crippen molar-refractivity contribution in [1.29, 1.82) is 0 Å². The quantitative estimate of drug-likeness (QED) is 0.860. The van der Waals surface area contributed by atoms with E-state index < -0.39 is 5.60 Å². The number of aromatic hydroxyl groups is 1. The van der Waals surface area contributed by atoms with E-state index in [0.29, 0.717) is 17.4 Å². The van der Waals surface area contributed by atoms with E-state index in [0.717, 1.165) is 30.6 Å². The minimum Gasteiger partial charge on any atom is -0.506 e. The average Bonchev–Trinajstić information content (AvgIpc) is 3.34. The molecule has 0 amide bonds. The molecule has 2 heterocycles. The Hall–Kier alpha value is -2.27. The summed E-state index contributed by atoms with van der Waals surface area (Å²) >= 11 is 0. The van der Waals surface area contributed by atoms with E-state index in [1.165, 1.54) is 0 Å². The molecule has 1 aliphatic carbocycles. The van der Waals surface area contributed by atoms with Gasteiger partial charge in [-0.05, 0) is 36.6 Å². The molecule has 1 unspecified atom stereocenters. The van der Waals surface area contributed by atoms with Crippen LogP contribution in [0.25, 0.3) is 0 Å². The number of aromatic nitrogens is 1. The molecule has 0 bridgehead atoms. The molecule has 0 spiro atoms. The molecule has 23 heavy (non-hydrogen) atoms. The monoisotopic (exact) mass is 313 g/mol. The van der Waals surface area contributed by atoms with Gasteiger partial charge in [-0.1, -0.05) is 6.07 Å². The van der Waals surface area contributed by atoms with Crippen LogP contribution in [0.3, 0.4) is 0 Å². The first-order valence-corrected chi connectivity index (χ1v) is 7.81. The molecule has 5 heteroatoms. The van der Waals surface area contributed by atoms with E-state index in [2.05, 4.69) is 4.98 Å². The van der Waals surface area contributed by atoms with Crippen molar-refractivity contribution in [1.82, 2.24) is 4.98 Å². The summed E-state index contributed by atoms with van der Waals surface area (Å²) in [7, 11) is 1.59. The Labute approximate surface area is 134 Å². The summed E-state index contributed by atoms with van der Waals surface area (Å²) in [6.07, 6.45) is 4.62. The summed E-state index contributed by atoms with van der Waals surface area (Å²) in [4.78, 5) is 4.42.